The average Bonchev–Trinajstić information content (AvgIpc) is 3.05. The number of hydrogen-bond acceptors (Lipinski definition) is 2. The molecular formula is C17H23N5. The van der Waals surface area contributed by atoms with E-state index in [4.69, 9.17) is 0 Å². The van der Waals surface area contributed by atoms with Gasteiger partial charge in [0.05, 0.1) is 12.7 Å². The van der Waals surface area contributed by atoms with Crippen molar-refractivity contribution >= 4 is 5.96 Å². The minimum atomic E-state index is 0.576. The molecule has 2 unspecified atom stereocenters. The summed E-state index contributed by atoms with van der Waals surface area (Å²) in [7, 11) is 1.81. The fourth-order valence-electron chi connectivity index (χ4n) is 2.43. The van der Waals surface area contributed by atoms with Gasteiger partial charge in [-0.15, -0.1) is 0 Å². The zero-order chi connectivity index (χ0) is 15.4. The lowest BCUT2D eigenvalue weighted by Crippen LogP contribution is -2.38. The van der Waals surface area contributed by atoms with E-state index in [-0.39, 0.29) is 0 Å². The van der Waals surface area contributed by atoms with Gasteiger partial charge in [0.2, 0.25) is 0 Å². The Bertz CT molecular complexity index is 632. The van der Waals surface area contributed by atoms with Crippen molar-refractivity contribution in [3.8, 4) is 0 Å². The minimum absolute atomic E-state index is 0.576. The van der Waals surface area contributed by atoms with Crippen molar-refractivity contribution in [3.05, 3.63) is 53.9 Å². The van der Waals surface area contributed by atoms with Gasteiger partial charge in [0.25, 0.3) is 0 Å². The summed E-state index contributed by atoms with van der Waals surface area (Å²) in [5, 5.41) is 11.2. The van der Waals surface area contributed by atoms with Crippen LogP contribution >= 0.6 is 0 Å². The Kier molecular flexibility index (Phi) is 4.42. The predicted molar refractivity (Wildman–Crippen MR) is 88.7 cm³/mol. The Morgan fingerprint density at radius 2 is 2.09 bits per heavy atom. The lowest BCUT2D eigenvalue weighted by atomic mass is 10.2. The van der Waals surface area contributed by atoms with Crippen LogP contribution in [0.15, 0.2) is 47.7 Å². The van der Waals surface area contributed by atoms with E-state index in [2.05, 4.69) is 58.1 Å². The molecule has 2 aromatic rings. The van der Waals surface area contributed by atoms with Gasteiger partial charge in [-0.25, -0.2) is 0 Å². The summed E-state index contributed by atoms with van der Waals surface area (Å²) in [6, 6.07) is 10.9. The third-order valence-electron chi connectivity index (χ3n) is 3.99. The van der Waals surface area contributed by atoms with E-state index in [0.717, 1.165) is 30.5 Å². The SMILES string of the molecule is CN=C(NCc1cnn(Cc2ccccc2)c1)NC1CC1C. The molecule has 1 aliphatic carbocycles. The number of hydrogen-bond donors (Lipinski definition) is 2. The molecule has 1 aromatic carbocycles. The third kappa shape index (κ3) is 3.87. The van der Waals surface area contributed by atoms with Gasteiger partial charge in [0.1, 0.15) is 0 Å². The largest absolute Gasteiger partial charge is 0.353 e. The Labute approximate surface area is 131 Å². The van der Waals surface area contributed by atoms with Gasteiger partial charge < -0.3 is 10.6 Å². The Morgan fingerprint density at radius 1 is 1.32 bits per heavy atom. The van der Waals surface area contributed by atoms with Gasteiger partial charge in [-0.05, 0) is 17.9 Å². The molecule has 5 nitrogen and oxygen atoms in total. The number of guanidine groups is 1. The van der Waals surface area contributed by atoms with E-state index in [1.165, 1.54) is 12.0 Å². The summed E-state index contributed by atoms with van der Waals surface area (Å²) in [4.78, 5) is 4.26. The van der Waals surface area contributed by atoms with Crippen molar-refractivity contribution in [2.75, 3.05) is 7.05 Å². The second-order valence-electron chi connectivity index (χ2n) is 5.92. The van der Waals surface area contributed by atoms with Crippen LogP contribution in [-0.4, -0.2) is 28.8 Å². The van der Waals surface area contributed by atoms with Crippen LogP contribution in [0.5, 0.6) is 0 Å². The Balaban J connectivity index is 1.51. The third-order valence-corrected chi connectivity index (χ3v) is 3.99. The van der Waals surface area contributed by atoms with E-state index in [1.54, 1.807) is 7.05 Å². The fraction of sp³-hybridized carbons (Fsp3) is 0.412. The molecule has 0 radical (unpaired) electrons. The molecule has 5 heteroatoms. The Hall–Kier alpha value is -2.30. The van der Waals surface area contributed by atoms with Crippen molar-refractivity contribution in [1.29, 1.82) is 0 Å². The average molecular weight is 297 g/mol. The topological polar surface area (TPSA) is 54.2 Å². The van der Waals surface area contributed by atoms with Crippen LogP contribution in [0.1, 0.15) is 24.5 Å². The van der Waals surface area contributed by atoms with Crippen molar-refractivity contribution in [2.24, 2.45) is 10.9 Å². The van der Waals surface area contributed by atoms with Crippen LogP contribution < -0.4 is 10.6 Å². The first-order valence-corrected chi connectivity index (χ1v) is 7.77. The number of benzene rings is 1. The van der Waals surface area contributed by atoms with Gasteiger partial charge in [-0.2, -0.15) is 5.10 Å². The van der Waals surface area contributed by atoms with Crippen LogP contribution in [0.25, 0.3) is 0 Å². The van der Waals surface area contributed by atoms with Gasteiger partial charge in [-0.1, -0.05) is 37.3 Å². The normalized spacial score (nSPS) is 20.7. The van der Waals surface area contributed by atoms with E-state index in [9.17, 15) is 0 Å². The number of nitrogens with one attached hydrogen (secondary N) is 2. The monoisotopic (exact) mass is 297 g/mol. The van der Waals surface area contributed by atoms with Crippen molar-refractivity contribution in [1.82, 2.24) is 20.4 Å². The van der Waals surface area contributed by atoms with Gasteiger partial charge >= 0.3 is 0 Å². The van der Waals surface area contributed by atoms with Crippen LogP contribution in [0.4, 0.5) is 0 Å². The van der Waals surface area contributed by atoms with Crippen molar-refractivity contribution in [2.45, 2.75) is 32.5 Å². The van der Waals surface area contributed by atoms with Crippen molar-refractivity contribution in [3.63, 3.8) is 0 Å². The first kappa shape index (κ1) is 14.6. The molecular weight excluding hydrogens is 274 g/mol. The zero-order valence-corrected chi connectivity index (χ0v) is 13.2. The van der Waals surface area contributed by atoms with Crippen LogP contribution in [0.2, 0.25) is 0 Å². The van der Waals surface area contributed by atoms with Crippen LogP contribution in [0.3, 0.4) is 0 Å². The summed E-state index contributed by atoms with van der Waals surface area (Å²) in [6.07, 6.45) is 5.21. The molecule has 3 rings (SSSR count). The molecule has 1 heterocycles. The predicted octanol–water partition coefficient (Wildman–Crippen LogP) is 2.00. The van der Waals surface area contributed by atoms with Crippen LogP contribution in [0, 0.1) is 5.92 Å². The van der Waals surface area contributed by atoms with E-state index < -0.39 is 0 Å². The molecule has 1 saturated carbocycles. The lowest BCUT2D eigenvalue weighted by Gasteiger charge is -2.10. The quantitative estimate of drug-likeness (QED) is 0.655. The van der Waals surface area contributed by atoms with Gasteiger partial charge in [0, 0.05) is 31.4 Å². The molecule has 116 valence electrons. The standard InChI is InChI=1S/C17H23N5/c1-13-8-16(13)21-17(18-2)19-9-15-10-20-22(12-15)11-14-6-4-3-5-7-14/h3-7,10,12-13,16H,8-9,11H2,1-2H3,(H2,18,19,21). The maximum Gasteiger partial charge on any atom is 0.191 e. The van der Waals surface area contributed by atoms with E-state index >= 15 is 0 Å². The number of aliphatic imine (C=N–C) groups is 1. The highest BCUT2D eigenvalue weighted by molar-refractivity contribution is 5.80. The van der Waals surface area contributed by atoms with E-state index in [1.807, 2.05) is 16.9 Å². The highest BCUT2D eigenvalue weighted by atomic mass is 15.3. The maximum absolute atomic E-state index is 4.42. The van der Waals surface area contributed by atoms with Gasteiger partial charge in [-0.3, -0.25) is 9.67 Å². The molecule has 2 atom stereocenters. The highest BCUT2D eigenvalue weighted by Gasteiger charge is 2.33. The molecule has 1 fully saturated rings. The summed E-state index contributed by atoms with van der Waals surface area (Å²) in [5.41, 5.74) is 2.41. The second kappa shape index (κ2) is 6.64. The molecule has 1 aliphatic rings. The highest BCUT2D eigenvalue weighted by Crippen LogP contribution is 2.28. The first-order chi connectivity index (χ1) is 10.7. The molecule has 2 N–H and O–H groups in total. The number of rotatable bonds is 5. The van der Waals surface area contributed by atoms with E-state index in [0.29, 0.717) is 6.04 Å². The number of nitrogens with zero attached hydrogens (tertiary/aromatic N) is 3. The van der Waals surface area contributed by atoms with Crippen molar-refractivity contribution < 1.29 is 0 Å². The molecule has 22 heavy (non-hydrogen) atoms. The minimum Gasteiger partial charge on any atom is -0.353 e. The lowest BCUT2D eigenvalue weighted by molar-refractivity contribution is 0.685. The second-order valence-corrected chi connectivity index (χ2v) is 5.92. The summed E-state index contributed by atoms with van der Waals surface area (Å²) in [5.74, 6) is 1.62. The molecule has 1 aromatic heterocycles. The molecule has 0 spiro atoms. The fourth-order valence-corrected chi connectivity index (χ4v) is 2.43. The maximum atomic E-state index is 4.42. The first-order valence-electron chi connectivity index (χ1n) is 7.77. The van der Waals surface area contributed by atoms with Gasteiger partial charge in [0.15, 0.2) is 5.96 Å². The molecule has 0 amide bonds. The summed E-state index contributed by atoms with van der Waals surface area (Å²) >= 11 is 0. The summed E-state index contributed by atoms with van der Waals surface area (Å²) in [6.45, 7) is 3.78. The molecule has 0 aliphatic heterocycles. The number of aromatic nitrogens is 2. The molecule has 0 bridgehead atoms. The van der Waals surface area contributed by atoms with Crippen LogP contribution in [-0.2, 0) is 13.1 Å². The smallest absolute Gasteiger partial charge is 0.191 e. The Morgan fingerprint density at radius 3 is 2.77 bits per heavy atom. The molecule has 0 saturated heterocycles. The summed E-state index contributed by atoms with van der Waals surface area (Å²) < 4.78 is 1.96. The zero-order valence-electron chi connectivity index (χ0n) is 13.2.